The van der Waals surface area contributed by atoms with Crippen molar-refractivity contribution >= 4 is 11.6 Å². The summed E-state index contributed by atoms with van der Waals surface area (Å²) in [4.78, 5) is 8.12. The Balaban J connectivity index is 2.37. The minimum Gasteiger partial charge on any atom is -0.329 e. The fourth-order valence-corrected chi connectivity index (χ4v) is 1.86. The molecule has 0 aliphatic heterocycles. The number of halogens is 1. The zero-order chi connectivity index (χ0) is 11.4. The molecule has 1 aromatic heterocycles. The van der Waals surface area contributed by atoms with E-state index < -0.39 is 0 Å². The van der Waals surface area contributed by atoms with Crippen LogP contribution in [0.25, 0.3) is 0 Å². The third-order valence-corrected chi connectivity index (χ3v) is 2.68. The quantitative estimate of drug-likeness (QED) is 0.885. The molecule has 1 aromatic carbocycles. The molecule has 3 nitrogen and oxygen atoms in total. The van der Waals surface area contributed by atoms with Crippen LogP contribution in [0.3, 0.4) is 0 Å². The Labute approximate surface area is 99.3 Å². The Morgan fingerprint density at radius 2 is 2.19 bits per heavy atom. The van der Waals surface area contributed by atoms with Crippen LogP contribution < -0.4 is 5.73 Å². The van der Waals surface area contributed by atoms with Crippen LogP contribution in [0.2, 0.25) is 5.02 Å². The number of rotatable bonds is 3. The van der Waals surface area contributed by atoms with Crippen LogP contribution in [0, 0.1) is 0 Å². The number of benzene rings is 1. The lowest BCUT2D eigenvalue weighted by molar-refractivity contribution is 0.781. The second-order valence-electron chi connectivity index (χ2n) is 3.48. The predicted octanol–water partition coefficient (Wildman–Crippen LogP) is 2.22. The summed E-state index contributed by atoms with van der Waals surface area (Å²) in [5, 5.41) is 0.713. The summed E-state index contributed by atoms with van der Waals surface area (Å²) in [6.45, 7) is 0.497. The van der Waals surface area contributed by atoms with Gasteiger partial charge in [-0.3, -0.25) is 0 Å². The van der Waals surface area contributed by atoms with E-state index in [0.717, 1.165) is 11.3 Å². The molecule has 0 amide bonds. The Hall–Kier alpha value is -1.45. The van der Waals surface area contributed by atoms with Gasteiger partial charge in [-0.25, -0.2) is 9.97 Å². The van der Waals surface area contributed by atoms with Crippen molar-refractivity contribution in [3.05, 3.63) is 59.1 Å². The lowest BCUT2D eigenvalue weighted by Crippen LogP contribution is -2.15. The summed E-state index contributed by atoms with van der Waals surface area (Å²) >= 11 is 5.96. The van der Waals surface area contributed by atoms with Gasteiger partial charge >= 0.3 is 0 Å². The second-order valence-corrected chi connectivity index (χ2v) is 3.91. The highest BCUT2D eigenvalue weighted by Gasteiger charge is 2.13. The summed E-state index contributed by atoms with van der Waals surface area (Å²) in [5.41, 5.74) is 7.78. The molecule has 2 N–H and O–H groups in total. The van der Waals surface area contributed by atoms with Crippen LogP contribution >= 0.6 is 11.6 Å². The molecule has 2 rings (SSSR count). The molecule has 1 atom stereocenters. The number of hydrogen-bond donors (Lipinski definition) is 1. The van der Waals surface area contributed by atoms with Crippen LogP contribution in [-0.4, -0.2) is 16.5 Å². The maximum Gasteiger partial charge on any atom is 0.115 e. The van der Waals surface area contributed by atoms with Crippen molar-refractivity contribution in [3.8, 4) is 0 Å². The van der Waals surface area contributed by atoms with E-state index in [9.17, 15) is 0 Å². The molecule has 16 heavy (non-hydrogen) atoms. The number of hydrogen-bond acceptors (Lipinski definition) is 3. The van der Waals surface area contributed by atoms with E-state index in [1.807, 2.05) is 30.3 Å². The van der Waals surface area contributed by atoms with Crippen LogP contribution in [0.5, 0.6) is 0 Å². The van der Waals surface area contributed by atoms with Gasteiger partial charge in [-0.2, -0.15) is 0 Å². The van der Waals surface area contributed by atoms with Crippen molar-refractivity contribution < 1.29 is 0 Å². The summed E-state index contributed by atoms with van der Waals surface area (Å²) in [7, 11) is 0. The molecule has 82 valence electrons. The highest BCUT2D eigenvalue weighted by atomic mass is 35.5. The lowest BCUT2D eigenvalue weighted by atomic mass is 9.96. The standard InChI is InChI=1S/C12H12ClN3/c13-10-3-1-2-9(6-10)11(7-14)12-4-5-15-8-16-12/h1-6,8,11H,7,14H2. The molecular formula is C12H12ClN3. The van der Waals surface area contributed by atoms with Crippen LogP contribution in [0.1, 0.15) is 17.2 Å². The minimum atomic E-state index is 0.0710. The number of nitrogens with two attached hydrogens (primary N) is 1. The molecule has 0 saturated heterocycles. The summed E-state index contributed by atoms with van der Waals surface area (Å²) < 4.78 is 0. The van der Waals surface area contributed by atoms with Crippen LogP contribution in [0.4, 0.5) is 0 Å². The fourth-order valence-electron chi connectivity index (χ4n) is 1.66. The third-order valence-electron chi connectivity index (χ3n) is 2.45. The first-order valence-corrected chi connectivity index (χ1v) is 5.40. The van der Waals surface area contributed by atoms with Gasteiger partial charge in [0.1, 0.15) is 6.33 Å². The van der Waals surface area contributed by atoms with Gasteiger partial charge in [-0.05, 0) is 23.8 Å². The third kappa shape index (κ3) is 2.38. The number of nitrogens with zero attached hydrogens (tertiary/aromatic N) is 2. The van der Waals surface area contributed by atoms with E-state index in [0.29, 0.717) is 11.6 Å². The molecule has 0 spiro atoms. The smallest absolute Gasteiger partial charge is 0.115 e. The van der Waals surface area contributed by atoms with Crippen LogP contribution in [-0.2, 0) is 0 Å². The monoisotopic (exact) mass is 233 g/mol. The lowest BCUT2D eigenvalue weighted by Gasteiger charge is -2.14. The molecule has 0 bridgehead atoms. The van der Waals surface area contributed by atoms with E-state index in [1.54, 1.807) is 6.20 Å². The number of aromatic nitrogens is 2. The normalized spacial score (nSPS) is 12.4. The first-order valence-electron chi connectivity index (χ1n) is 5.02. The first-order chi connectivity index (χ1) is 7.81. The second kappa shape index (κ2) is 5.05. The van der Waals surface area contributed by atoms with Gasteiger partial charge < -0.3 is 5.73 Å². The van der Waals surface area contributed by atoms with E-state index in [-0.39, 0.29) is 5.92 Å². The molecule has 0 aliphatic rings. The first kappa shape index (κ1) is 11.0. The molecule has 0 fully saturated rings. The highest BCUT2D eigenvalue weighted by molar-refractivity contribution is 6.30. The van der Waals surface area contributed by atoms with Crippen molar-refractivity contribution in [1.29, 1.82) is 0 Å². The SMILES string of the molecule is NCC(c1cccc(Cl)c1)c1ccncn1. The maximum absolute atomic E-state index is 5.96. The predicted molar refractivity (Wildman–Crippen MR) is 64.4 cm³/mol. The van der Waals surface area contributed by atoms with Crippen LogP contribution in [0.15, 0.2) is 42.9 Å². The van der Waals surface area contributed by atoms with Gasteiger partial charge in [0.25, 0.3) is 0 Å². The Morgan fingerprint density at radius 1 is 1.31 bits per heavy atom. The Bertz CT molecular complexity index is 459. The average molecular weight is 234 g/mol. The summed E-state index contributed by atoms with van der Waals surface area (Å²) in [6, 6.07) is 9.56. The van der Waals surface area contributed by atoms with E-state index in [4.69, 9.17) is 17.3 Å². The molecule has 2 aromatic rings. The molecular weight excluding hydrogens is 222 g/mol. The van der Waals surface area contributed by atoms with E-state index >= 15 is 0 Å². The van der Waals surface area contributed by atoms with Gasteiger partial charge in [0.05, 0.1) is 5.69 Å². The molecule has 4 heteroatoms. The Morgan fingerprint density at radius 3 is 2.81 bits per heavy atom. The van der Waals surface area contributed by atoms with E-state index in [1.165, 1.54) is 6.33 Å². The molecule has 0 aliphatic carbocycles. The summed E-state index contributed by atoms with van der Waals surface area (Å²) in [5.74, 6) is 0.0710. The fraction of sp³-hybridized carbons (Fsp3) is 0.167. The largest absolute Gasteiger partial charge is 0.329 e. The highest BCUT2D eigenvalue weighted by Crippen LogP contribution is 2.23. The topological polar surface area (TPSA) is 51.8 Å². The zero-order valence-corrected chi connectivity index (χ0v) is 9.43. The van der Waals surface area contributed by atoms with Crippen molar-refractivity contribution in [2.75, 3.05) is 6.54 Å². The van der Waals surface area contributed by atoms with Gasteiger partial charge in [0.2, 0.25) is 0 Å². The maximum atomic E-state index is 5.96. The van der Waals surface area contributed by atoms with Gasteiger partial charge in [-0.15, -0.1) is 0 Å². The van der Waals surface area contributed by atoms with Gasteiger partial charge in [0, 0.05) is 23.7 Å². The summed E-state index contributed by atoms with van der Waals surface area (Å²) in [6.07, 6.45) is 3.25. The van der Waals surface area contributed by atoms with Gasteiger partial charge in [0.15, 0.2) is 0 Å². The molecule has 0 radical (unpaired) electrons. The minimum absolute atomic E-state index is 0.0710. The average Bonchev–Trinajstić information content (AvgIpc) is 2.31. The van der Waals surface area contributed by atoms with Crippen molar-refractivity contribution in [2.24, 2.45) is 5.73 Å². The molecule has 0 saturated carbocycles. The Kier molecular flexibility index (Phi) is 3.49. The molecule has 1 heterocycles. The van der Waals surface area contributed by atoms with Crippen molar-refractivity contribution in [1.82, 2.24) is 9.97 Å². The molecule has 1 unspecified atom stereocenters. The van der Waals surface area contributed by atoms with Crippen molar-refractivity contribution in [3.63, 3.8) is 0 Å². The van der Waals surface area contributed by atoms with E-state index in [2.05, 4.69) is 9.97 Å². The zero-order valence-electron chi connectivity index (χ0n) is 8.68. The van der Waals surface area contributed by atoms with Gasteiger partial charge in [-0.1, -0.05) is 23.7 Å². The van der Waals surface area contributed by atoms with Crippen molar-refractivity contribution in [2.45, 2.75) is 5.92 Å².